The summed E-state index contributed by atoms with van der Waals surface area (Å²) in [6.07, 6.45) is -3.30. The third-order valence-corrected chi connectivity index (χ3v) is 2.28. The summed E-state index contributed by atoms with van der Waals surface area (Å²) in [5.41, 5.74) is 1.37. The highest BCUT2D eigenvalue weighted by molar-refractivity contribution is 5.64. The minimum Gasteiger partial charge on any atom is -0.406 e. The Morgan fingerprint density at radius 1 is 1.11 bits per heavy atom. The van der Waals surface area contributed by atoms with E-state index in [0.717, 1.165) is 0 Å². The first kappa shape index (κ1) is 12.9. The molecule has 0 saturated heterocycles. The van der Waals surface area contributed by atoms with Crippen LogP contribution in [0.4, 0.5) is 13.2 Å². The molecule has 6 heteroatoms. The SMILES string of the molecule is N#Cc1ccc(-c2cccc(OC(F)(F)F)c2)cn1. The molecule has 0 aliphatic heterocycles. The summed E-state index contributed by atoms with van der Waals surface area (Å²) < 4.78 is 40.1. The van der Waals surface area contributed by atoms with Gasteiger partial charge in [0.05, 0.1) is 0 Å². The monoisotopic (exact) mass is 264 g/mol. The van der Waals surface area contributed by atoms with Crippen LogP contribution in [-0.4, -0.2) is 11.3 Å². The number of rotatable bonds is 2. The van der Waals surface area contributed by atoms with E-state index in [4.69, 9.17) is 5.26 Å². The van der Waals surface area contributed by atoms with E-state index < -0.39 is 6.36 Å². The number of alkyl halides is 3. The summed E-state index contributed by atoms with van der Waals surface area (Å²) >= 11 is 0. The molecule has 2 aromatic rings. The van der Waals surface area contributed by atoms with Gasteiger partial charge in [-0.1, -0.05) is 12.1 Å². The van der Waals surface area contributed by atoms with Gasteiger partial charge in [0.25, 0.3) is 0 Å². The number of hydrogen-bond acceptors (Lipinski definition) is 3. The molecule has 0 N–H and O–H groups in total. The average molecular weight is 264 g/mol. The van der Waals surface area contributed by atoms with Gasteiger partial charge < -0.3 is 4.74 Å². The number of hydrogen-bond donors (Lipinski definition) is 0. The van der Waals surface area contributed by atoms with Crippen molar-refractivity contribution in [2.45, 2.75) is 6.36 Å². The lowest BCUT2D eigenvalue weighted by Crippen LogP contribution is -2.17. The molecule has 1 aromatic carbocycles. The second-order valence-electron chi connectivity index (χ2n) is 3.62. The van der Waals surface area contributed by atoms with Crippen molar-refractivity contribution in [3.63, 3.8) is 0 Å². The van der Waals surface area contributed by atoms with E-state index in [1.165, 1.54) is 30.5 Å². The van der Waals surface area contributed by atoms with Gasteiger partial charge in [0.2, 0.25) is 0 Å². The van der Waals surface area contributed by atoms with E-state index in [2.05, 4.69) is 9.72 Å². The lowest BCUT2D eigenvalue weighted by atomic mass is 10.1. The highest BCUT2D eigenvalue weighted by Gasteiger charge is 2.31. The molecule has 0 atom stereocenters. The normalized spacial score (nSPS) is 10.8. The summed E-state index contributed by atoms with van der Waals surface area (Å²) in [4.78, 5) is 3.85. The first-order chi connectivity index (χ1) is 8.98. The molecule has 0 saturated carbocycles. The number of halogens is 3. The van der Waals surface area contributed by atoms with Gasteiger partial charge in [-0.2, -0.15) is 5.26 Å². The standard InChI is InChI=1S/C13H7F3N2O/c14-13(15,16)19-12-3-1-2-9(6-12)10-4-5-11(7-17)18-8-10/h1-6,8H. The zero-order valence-electron chi connectivity index (χ0n) is 9.48. The molecule has 0 spiro atoms. The van der Waals surface area contributed by atoms with Crippen LogP contribution in [0, 0.1) is 11.3 Å². The highest BCUT2D eigenvalue weighted by atomic mass is 19.4. The maximum absolute atomic E-state index is 12.1. The van der Waals surface area contributed by atoms with E-state index in [9.17, 15) is 13.2 Å². The van der Waals surface area contributed by atoms with Crippen molar-refractivity contribution in [1.82, 2.24) is 4.98 Å². The first-order valence-electron chi connectivity index (χ1n) is 5.20. The zero-order chi connectivity index (χ0) is 13.9. The predicted octanol–water partition coefficient (Wildman–Crippen LogP) is 3.52. The van der Waals surface area contributed by atoms with E-state index in [1.54, 1.807) is 12.1 Å². The number of benzene rings is 1. The Balaban J connectivity index is 2.30. The molecule has 0 aliphatic carbocycles. The van der Waals surface area contributed by atoms with Crippen LogP contribution in [0.25, 0.3) is 11.1 Å². The Hall–Kier alpha value is -2.55. The average Bonchev–Trinajstić information content (AvgIpc) is 2.37. The molecule has 0 radical (unpaired) electrons. The van der Waals surface area contributed by atoms with Crippen LogP contribution in [-0.2, 0) is 0 Å². The van der Waals surface area contributed by atoms with E-state index in [-0.39, 0.29) is 11.4 Å². The number of ether oxygens (including phenoxy) is 1. The van der Waals surface area contributed by atoms with Crippen molar-refractivity contribution in [3.8, 4) is 22.9 Å². The Morgan fingerprint density at radius 2 is 1.89 bits per heavy atom. The minimum atomic E-state index is -4.72. The van der Waals surface area contributed by atoms with Crippen molar-refractivity contribution in [3.05, 3.63) is 48.3 Å². The van der Waals surface area contributed by atoms with Gasteiger partial charge in [-0.25, -0.2) is 4.98 Å². The topological polar surface area (TPSA) is 45.9 Å². The third kappa shape index (κ3) is 3.45. The van der Waals surface area contributed by atoms with Gasteiger partial charge in [0.15, 0.2) is 0 Å². The number of nitriles is 1. The van der Waals surface area contributed by atoms with E-state index in [0.29, 0.717) is 11.1 Å². The fraction of sp³-hybridized carbons (Fsp3) is 0.0769. The molecule has 3 nitrogen and oxygen atoms in total. The summed E-state index contributed by atoms with van der Waals surface area (Å²) in [5.74, 6) is -0.297. The molecule has 1 heterocycles. The highest BCUT2D eigenvalue weighted by Crippen LogP contribution is 2.27. The molecule has 0 unspecified atom stereocenters. The third-order valence-electron chi connectivity index (χ3n) is 2.28. The molecular formula is C13H7F3N2O. The smallest absolute Gasteiger partial charge is 0.406 e. The summed E-state index contributed by atoms with van der Waals surface area (Å²) in [7, 11) is 0. The van der Waals surface area contributed by atoms with Crippen molar-refractivity contribution in [2.24, 2.45) is 0 Å². The van der Waals surface area contributed by atoms with Crippen molar-refractivity contribution >= 4 is 0 Å². The van der Waals surface area contributed by atoms with Crippen LogP contribution >= 0.6 is 0 Å². The van der Waals surface area contributed by atoms with Gasteiger partial charge in [0, 0.05) is 11.8 Å². The molecule has 19 heavy (non-hydrogen) atoms. The van der Waals surface area contributed by atoms with Crippen LogP contribution in [0.1, 0.15) is 5.69 Å². The van der Waals surface area contributed by atoms with Gasteiger partial charge >= 0.3 is 6.36 Å². The summed E-state index contributed by atoms with van der Waals surface area (Å²) in [6, 6.07) is 10.5. The van der Waals surface area contributed by atoms with Crippen molar-refractivity contribution < 1.29 is 17.9 Å². The second kappa shape index (κ2) is 4.98. The lowest BCUT2D eigenvalue weighted by Gasteiger charge is -2.10. The minimum absolute atomic E-state index is 0.242. The number of aromatic nitrogens is 1. The van der Waals surface area contributed by atoms with Gasteiger partial charge in [0.1, 0.15) is 17.5 Å². The van der Waals surface area contributed by atoms with Crippen LogP contribution in [0.5, 0.6) is 5.75 Å². The van der Waals surface area contributed by atoms with Gasteiger partial charge in [-0.05, 0) is 29.8 Å². The van der Waals surface area contributed by atoms with Crippen LogP contribution in [0.2, 0.25) is 0 Å². The fourth-order valence-corrected chi connectivity index (χ4v) is 1.50. The number of nitrogens with zero attached hydrogens (tertiary/aromatic N) is 2. The van der Waals surface area contributed by atoms with Crippen LogP contribution < -0.4 is 4.74 Å². The molecule has 1 aromatic heterocycles. The van der Waals surface area contributed by atoms with E-state index >= 15 is 0 Å². The Bertz CT molecular complexity index is 615. The molecule has 96 valence electrons. The largest absolute Gasteiger partial charge is 0.573 e. The van der Waals surface area contributed by atoms with Crippen molar-refractivity contribution in [1.29, 1.82) is 5.26 Å². The Kier molecular flexibility index (Phi) is 3.38. The number of pyridine rings is 1. The van der Waals surface area contributed by atoms with Crippen LogP contribution in [0.15, 0.2) is 42.6 Å². The molecular weight excluding hydrogens is 257 g/mol. The van der Waals surface area contributed by atoms with Gasteiger partial charge in [-0.3, -0.25) is 0 Å². The van der Waals surface area contributed by atoms with Gasteiger partial charge in [-0.15, -0.1) is 13.2 Å². The van der Waals surface area contributed by atoms with Crippen LogP contribution in [0.3, 0.4) is 0 Å². The van der Waals surface area contributed by atoms with E-state index in [1.807, 2.05) is 6.07 Å². The summed E-state index contributed by atoms with van der Waals surface area (Å²) in [6.45, 7) is 0. The molecule has 2 rings (SSSR count). The fourth-order valence-electron chi connectivity index (χ4n) is 1.50. The van der Waals surface area contributed by atoms with Crippen molar-refractivity contribution in [2.75, 3.05) is 0 Å². The second-order valence-corrected chi connectivity index (χ2v) is 3.62. The maximum atomic E-state index is 12.1. The first-order valence-corrected chi connectivity index (χ1v) is 5.20. The maximum Gasteiger partial charge on any atom is 0.573 e. The predicted molar refractivity (Wildman–Crippen MR) is 61.1 cm³/mol. The molecule has 0 fully saturated rings. The Morgan fingerprint density at radius 3 is 2.47 bits per heavy atom. The lowest BCUT2D eigenvalue weighted by molar-refractivity contribution is -0.274. The summed E-state index contributed by atoms with van der Waals surface area (Å²) in [5, 5.41) is 8.61. The Labute approximate surface area is 106 Å². The quantitative estimate of drug-likeness (QED) is 0.833. The molecule has 0 amide bonds. The zero-order valence-corrected chi connectivity index (χ0v) is 9.48. The molecule has 0 aliphatic rings. The molecule has 0 bridgehead atoms.